The van der Waals surface area contributed by atoms with Crippen molar-refractivity contribution in [3.8, 4) is 5.75 Å². The Labute approximate surface area is 80.5 Å². The van der Waals surface area contributed by atoms with Crippen LogP contribution in [-0.2, 0) is 9.36 Å². The van der Waals surface area contributed by atoms with Crippen LogP contribution in [0.5, 0.6) is 5.75 Å². The second kappa shape index (κ2) is 3.92. The summed E-state index contributed by atoms with van der Waals surface area (Å²) >= 11 is 0. The normalized spacial score (nSPS) is 11.1. The van der Waals surface area contributed by atoms with Gasteiger partial charge >= 0.3 is 13.6 Å². The van der Waals surface area contributed by atoms with Gasteiger partial charge in [-0.3, -0.25) is 9.36 Å². The van der Waals surface area contributed by atoms with Crippen molar-refractivity contribution in [2.24, 2.45) is 0 Å². The van der Waals surface area contributed by atoms with Crippen molar-refractivity contribution in [2.75, 3.05) is 0 Å². The molecule has 0 amide bonds. The number of ether oxygens (including phenoxy) is 1. The van der Waals surface area contributed by atoms with Crippen molar-refractivity contribution >= 4 is 18.9 Å². The largest absolute Gasteiger partial charge is 0.426 e. The molecule has 0 aliphatic heterocycles. The molecule has 2 N–H and O–H groups in total. The monoisotopic (exact) mass is 216 g/mol. The summed E-state index contributed by atoms with van der Waals surface area (Å²) in [6, 6.07) is 5.54. The molecule has 14 heavy (non-hydrogen) atoms. The molecular formula is C8H9O5P. The van der Waals surface area contributed by atoms with Gasteiger partial charge in [0.15, 0.2) is 0 Å². The minimum Gasteiger partial charge on any atom is -0.426 e. The van der Waals surface area contributed by atoms with Crippen molar-refractivity contribution in [1.29, 1.82) is 0 Å². The van der Waals surface area contributed by atoms with Gasteiger partial charge in [-0.05, 0) is 12.1 Å². The first-order chi connectivity index (χ1) is 6.41. The SMILES string of the molecule is CC(=O)Oc1ccccc1P(=O)(O)O. The Morgan fingerprint density at radius 3 is 2.43 bits per heavy atom. The van der Waals surface area contributed by atoms with E-state index in [0.29, 0.717) is 0 Å². The van der Waals surface area contributed by atoms with Crippen LogP contribution in [0.4, 0.5) is 0 Å². The van der Waals surface area contributed by atoms with E-state index in [-0.39, 0.29) is 11.1 Å². The first-order valence-electron chi connectivity index (χ1n) is 3.75. The fraction of sp³-hybridized carbons (Fsp3) is 0.125. The third-order valence-electron chi connectivity index (χ3n) is 1.43. The number of benzene rings is 1. The third-order valence-corrected chi connectivity index (χ3v) is 2.43. The summed E-state index contributed by atoms with van der Waals surface area (Å²) in [4.78, 5) is 28.4. The van der Waals surface area contributed by atoms with Crippen molar-refractivity contribution in [1.82, 2.24) is 0 Å². The maximum absolute atomic E-state index is 10.9. The highest BCUT2D eigenvalue weighted by Gasteiger charge is 2.22. The lowest BCUT2D eigenvalue weighted by Gasteiger charge is -2.09. The minimum absolute atomic E-state index is 0.103. The molecule has 0 saturated heterocycles. The van der Waals surface area contributed by atoms with Crippen molar-refractivity contribution in [3.05, 3.63) is 24.3 Å². The lowest BCUT2D eigenvalue weighted by atomic mass is 10.3. The molecule has 76 valence electrons. The van der Waals surface area contributed by atoms with Crippen molar-refractivity contribution < 1.29 is 23.9 Å². The number of rotatable bonds is 2. The zero-order valence-electron chi connectivity index (χ0n) is 7.38. The van der Waals surface area contributed by atoms with E-state index in [1.807, 2.05) is 0 Å². The van der Waals surface area contributed by atoms with Gasteiger partial charge in [0.2, 0.25) is 0 Å². The molecule has 0 fully saturated rings. The van der Waals surface area contributed by atoms with Gasteiger partial charge in [-0.25, -0.2) is 0 Å². The van der Waals surface area contributed by atoms with Crippen LogP contribution in [-0.4, -0.2) is 15.8 Å². The van der Waals surface area contributed by atoms with Crippen LogP contribution in [0.1, 0.15) is 6.92 Å². The Kier molecular flexibility index (Phi) is 3.06. The zero-order valence-corrected chi connectivity index (χ0v) is 8.27. The van der Waals surface area contributed by atoms with Crippen molar-refractivity contribution in [2.45, 2.75) is 6.92 Å². The average Bonchev–Trinajstić information content (AvgIpc) is 2.01. The molecule has 0 atom stereocenters. The maximum atomic E-state index is 10.9. The fourth-order valence-corrected chi connectivity index (χ4v) is 1.63. The summed E-state index contributed by atoms with van der Waals surface area (Å²) in [5.41, 5.74) is 0. The molecule has 0 aliphatic rings. The van der Waals surface area contributed by atoms with Gasteiger partial charge in [-0.1, -0.05) is 12.1 Å². The third kappa shape index (κ3) is 2.67. The van der Waals surface area contributed by atoms with Gasteiger partial charge in [0.05, 0.1) is 0 Å². The molecule has 0 aliphatic carbocycles. The number of carbonyl (C=O) groups excluding carboxylic acids is 1. The lowest BCUT2D eigenvalue weighted by molar-refractivity contribution is -0.131. The Bertz CT molecular complexity index is 394. The van der Waals surface area contributed by atoms with Crippen LogP contribution in [0, 0.1) is 0 Å². The Balaban J connectivity index is 3.16. The number of hydrogen-bond acceptors (Lipinski definition) is 3. The zero-order chi connectivity index (χ0) is 10.8. The highest BCUT2D eigenvalue weighted by atomic mass is 31.2. The van der Waals surface area contributed by atoms with Crippen LogP contribution in [0.15, 0.2) is 24.3 Å². The molecule has 0 heterocycles. The predicted molar refractivity (Wildman–Crippen MR) is 49.4 cm³/mol. The van der Waals surface area contributed by atoms with Gasteiger partial charge in [-0.2, -0.15) is 0 Å². The maximum Gasteiger partial charge on any atom is 0.359 e. The minimum atomic E-state index is -4.39. The van der Waals surface area contributed by atoms with E-state index in [1.165, 1.54) is 24.3 Å². The summed E-state index contributed by atoms with van der Waals surface area (Å²) in [7, 11) is -4.39. The molecule has 1 aromatic rings. The smallest absolute Gasteiger partial charge is 0.359 e. The Hall–Kier alpha value is -1.16. The number of hydrogen-bond donors (Lipinski definition) is 2. The van der Waals surface area contributed by atoms with E-state index >= 15 is 0 Å². The van der Waals surface area contributed by atoms with E-state index < -0.39 is 13.6 Å². The van der Waals surface area contributed by atoms with Crippen LogP contribution in [0.2, 0.25) is 0 Å². The van der Waals surface area contributed by atoms with E-state index in [4.69, 9.17) is 9.79 Å². The molecule has 1 rings (SSSR count). The second-order valence-electron chi connectivity index (χ2n) is 2.61. The molecule has 0 unspecified atom stereocenters. The lowest BCUT2D eigenvalue weighted by Crippen LogP contribution is -2.12. The van der Waals surface area contributed by atoms with E-state index in [2.05, 4.69) is 4.74 Å². The van der Waals surface area contributed by atoms with Gasteiger partial charge < -0.3 is 14.5 Å². The van der Waals surface area contributed by atoms with E-state index in [1.54, 1.807) is 0 Å². The summed E-state index contributed by atoms with van der Waals surface area (Å²) in [6.07, 6.45) is 0. The van der Waals surface area contributed by atoms with Crippen molar-refractivity contribution in [3.63, 3.8) is 0 Å². The summed E-state index contributed by atoms with van der Waals surface area (Å²) in [5, 5.41) is -0.282. The van der Waals surface area contributed by atoms with E-state index in [9.17, 15) is 9.36 Å². The first kappa shape index (κ1) is 10.9. The molecule has 0 aromatic heterocycles. The molecular weight excluding hydrogens is 207 g/mol. The second-order valence-corrected chi connectivity index (χ2v) is 4.18. The summed E-state index contributed by atoms with van der Waals surface area (Å²) in [6.45, 7) is 1.16. The first-order valence-corrected chi connectivity index (χ1v) is 5.36. The van der Waals surface area contributed by atoms with Crippen LogP contribution in [0.3, 0.4) is 0 Å². The van der Waals surface area contributed by atoms with E-state index in [0.717, 1.165) is 6.92 Å². The highest BCUT2D eigenvalue weighted by molar-refractivity contribution is 7.60. The fourth-order valence-electron chi connectivity index (χ4n) is 0.939. The van der Waals surface area contributed by atoms with Gasteiger partial charge in [-0.15, -0.1) is 0 Å². The summed E-state index contributed by atoms with van der Waals surface area (Å²) < 4.78 is 15.6. The average molecular weight is 216 g/mol. The molecule has 0 bridgehead atoms. The number of para-hydroxylation sites is 1. The van der Waals surface area contributed by atoms with Gasteiger partial charge in [0.25, 0.3) is 0 Å². The topological polar surface area (TPSA) is 83.8 Å². The molecule has 0 saturated carbocycles. The van der Waals surface area contributed by atoms with Crippen LogP contribution < -0.4 is 10.0 Å². The standard InChI is InChI=1S/C8H9O5P/c1-6(9)13-7-4-2-3-5-8(7)14(10,11)12/h2-5H,1H3,(H2,10,11,12). The predicted octanol–water partition coefficient (Wildman–Crippen LogP) is 0.415. The molecule has 0 spiro atoms. The van der Waals surface area contributed by atoms with Gasteiger partial charge in [0.1, 0.15) is 11.1 Å². The summed E-state index contributed by atoms with van der Waals surface area (Å²) in [5.74, 6) is -0.723. The number of esters is 1. The molecule has 6 heteroatoms. The molecule has 1 aromatic carbocycles. The Morgan fingerprint density at radius 2 is 1.93 bits per heavy atom. The quantitative estimate of drug-likeness (QED) is 0.425. The van der Waals surface area contributed by atoms with Crippen LogP contribution in [0.25, 0.3) is 0 Å². The molecule has 0 radical (unpaired) electrons. The Morgan fingerprint density at radius 1 is 1.36 bits per heavy atom. The molecule has 5 nitrogen and oxygen atoms in total. The van der Waals surface area contributed by atoms with Gasteiger partial charge in [0, 0.05) is 6.92 Å². The highest BCUT2D eigenvalue weighted by Crippen LogP contribution is 2.37. The van der Waals surface area contributed by atoms with Crippen LogP contribution >= 0.6 is 7.60 Å². The number of carbonyl (C=O) groups is 1.